The summed E-state index contributed by atoms with van der Waals surface area (Å²) in [6.45, 7) is 2.36. The molecule has 0 saturated heterocycles. The average molecular weight is 439 g/mol. The van der Waals surface area contributed by atoms with Crippen LogP contribution in [0.1, 0.15) is 11.1 Å². The van der Waals surface area contributed by atoms with E-state index in [4.69, 9.17) is 0 Å². The predicted molar refractivity (Wildman–Crippen MR) is 118 cm³/mol. The first-order valence-electron chi connectivity index (χ1n) is 8.83. The van der Waals surface area contributed by atoms with Crippen molar-refractivity contribution in [2.75, 3.05) is 32.1 Å². The molecule has 152 valence electrons. The van der Waals surface area contributed by atoms with E-state index in [0.717, 1.165) is 20.7 Å². The zero-order chi connectivity index (χ0) is 20.6. The second-order valence-electron chi connectivity index (χ2n) is 6.32. The Kier molecular flexibility index (Phi) is 8.88. The first-order chi connectivity index (χ1) is 13.3. The molecule has 0 aliphatic carbocycles. The van der Waals surface area contributed by atoms with Gasteiger partial charge in [0.2, 0.25) is 15.9 Å². The highest BCUT2D eigenvalue weighted by molar-refractivity contribution is 7.98. The van der Waals surface area contributed by atoms with Crippen molar-refractivity contribution in [3.63, 3.8) is 0 Å². The summed E-state index contributed by atoms with van der Waals surface area (Å²) in [7, 11) is -2.26. The number of hydrogen-bond donors (Lipinski definition) is 1. The van der Waals surface area contributed by atoms with Crippen molar-refractivity contribution in [1.82, 2.24) is 9.62 Å². The Labute approximate surface area is 176 Å². The third-order valence-electron chi connectivity index (χ3n) is 4.09. The number of carbonyl (C=O) groups excluding carboxylic acids is 1. The molecule has 5 nitrogen and oxygen atoms in total. The van der Waals surface area contributed by atoms with E-state index < -0.39 is 10.0 Å². The molecular formula is C20H26N2O3S3. The summed E-state index contributed by atoms with van der Waals surface area (Å²) >= 11 is 3.28. The Hall–Kier alpha value is -1.48. The molecular weight excluding hydrogens is 412 g/mol. The van der Waals surface area contributed by atoms with Crippen LogP contribution in [-0.2, 0) is 20.6 Å². The van der Waals surface area contributed by atoms with Gasteiger partial charge in [-0.3, -0.25) is 4.79 Å². The fourth-order valence-electron chi connectivity index (χ4n) is 2.41. The maximum absolute atomic E-state index is 12.6. The molecule has 0 saturated carbocycles. The van der Waals surface area contributed by atoms with Crippen LogP contribution in [0.25, 0.3) is 0 Å². The second kappa shape index (κ2) is 10.9. The summed E-state index contributed by atoms with van der Waals surface area (Å²) in [6.07, 6.45) is 1.93. The summed E-state index contributed by atoms with van der Waals surface area (Å²) in [6, 6.07) is 15.0. The third-order valence-corrected chi connectivity index (χ3v) is 7.68. The van der Waals surface area contributed by atoms with Gasteiger partial charge in [0.05, 0.1) is 11.4 Å². The van der Waals surface area contributed by atoms with Crippen molar-refractivity contribution in [3.8, 4) is 0 Å². The molecule has 28 heavy (non-hydrogen) atoms. The molecule has 1 N–H and O–H groups in total. The number of likely N-dealkylation sites (N-methyl/N-ethyl adjacent to an activating group) is 1. The second-order valence-corrected chi connectivity index (χ2v) is 10.4. The molecule has 0 radical (unpaired) electrons. The maximum atomic E-state index is 12.6. The van der Waals surface area contributed by atoms with E-state index in [1.165, 1.54) is 18.2 Å². The molecule has 0 aliphatic heterocycles. The van der Waals surface area contributed by atoms with Crippen LogP contribution in [-0.4, -0.2) is 50.8 Å². The number of carbonyl (C=O) groups is 1. The highest BCUT2D eigenvalue weighted by Gasteiger charge is 2.22. The Morgan fingerprint density at radius 2 is 1.71 bits per heavy atom. The number of hydrogen-bond acceptors (Lipinski definition) is 5. The van der Waals surface area contributed by atoms with Crippen molar-refractivity contribution in [1.29, 1.82) is 0 Å². The van der Waals surface area contributed by atoms with Gasteiger partial charge in [0, 0.05) is 30.0 Å². The van der Waals surface area contributed by atoms with E-state index in [9.17, 15) is 13.2 Å². The molecule has 0 unspecified atom stereocenters. The van der Waals surface area contributed by atoms with Gasteiger partial charge in [-0.2, -0.15) is 16.1 Å². The highest BCUT2D eigenvalue weighted by Crippen LogP contribution is 2.19. The molecule has 0 aromatic heterocycles. The SMILES string of the molecule is CSc1ccc(S(=O)(=O)N(C)CC(=O)NCCSCc2ccc(C)cc2)cc1. The summed E-state index contributed by atoms with van der Waals surface area (Å²) in [5.41, 5.74) is 2.49. The fourth-order valence-corrected chi connectivity index (χ4v) is 4.76. The first-order valence-corrected chi connectivity index (χ1v) is 12.7. The third kappa shape index (κ3) is 6.84. The zero-order valence-electron chi connectivity index (χ0n) is 16.3. The molecule has 0 fully saturated rings. The number of sulfonamides is 1. The van der Waals surface area contributed by atoms with Gasteiger partial charge in [-0.15, -0.1) is 11.8 Å². The predicted octanol–water partition coefficient (Wildman–Crippen LogP) is 3.39. The van der Waals surface area contributed by atoms with Crippen LogP contribution in [0.15, 0.2) is 58.3 Å². The number of aryl methyl sites for hydroxylation is 1. The quantitative estimate of drug-likeness (QED) is 0.455. The fraction of sp³-hybridized carbons (Fsp3) is 0.350. The van der Waals surface area contributed by atoms with Crippen molar-refractivity contribution < 1.29 is 13.2 Å². The van der Waals surface area contributed by atoms with Crippen molar-refractivity contribution in [2.24, 2.45) is 0 Å². The van der Waals surface area contributed by atoms with Crippen LogP contribution < -0.4 is 5.32 Å². The van der Waals surface area contributed by atoms with Crippen LogP contribution in [0.4, 0.5) is 0 Å². The first kappa shape index (κ1) is 22.8. The Morgan fingerprint density at radius 3 is 2.32 bits per heavy atom. The van der Waals surface area contributed by atoms with E-state index >= 15 is 0 Å². The van der Waals surface area contributed by atoms with E-state index in [2.05, 4.69) is 36.5 Å². The molecule has 2 aromatic carbocycles. The molecule has 0 spiro atoms. The van der Waals surface area contributed by atoms with Gasteiger partial charge in [0.1, 0.15) is 0 Å². The average Bonchev–Trinajstić information content (AvgIpc) is 2.69. The van der Waals surface area contributed by atoms with Gasteiger partial charge in [-0.25, -0.2) is 8.42 Å². The summed E-state index contributed by atoms with van der Waals surface area (Å²) in [5, 5.41) is 2.78. The molecule has 0 heterocycles. The largest absolute Gasteiger partial charge is 0.354 e. The minimum absolute atomic E-state index is 0.189. The van der Waals surface area contributed by atoms with Gasteiger partial charge < -0.3 is 5.32 Å². The standard InChI is InChI=1S/C20H26N2O3S3/c1-16-4-6-17(7-5-16)15-27-13-12-21-20(23)14-22(2)28(24,25)19-10-8-18(26-3)9-11-19/h4-11H,12-15H2,1-3H3,(H,21,23). The number of nitrogens with zero attached hydrogens (tertiary/aromatic N) is 1. The number of thioether (sulfide) groups is 2. The lowest BCUT2D eigenvalue weighted by atomic mass is 10.2. The van der Waals surface area contributed by atoms with Gasteiger partial charge >= 0.3 is 0 Å². The van der Waals surface area contributed by atoms with Crippen LogP contribution in [0.5, 0.6) is 0 Å². The monoisotopic (exact) mass is 438 g/mol. The molecule has 0 bridgehead atoms. The molecule has 2 aromatic rings. The minimum atomic E-state index is -3.68. The normalized spacial score (nSPS) is 11.6. The van der Waals surface area contributed by atoms with Crippen molar-refractivity contribution in [3.05, 3.63) is 59.7 Å². The van der Waals surface area contributed by atoms with Gasteiger partial charge in [-0.1, -0.05) is 29.8 Å². The Morgan fingerprint density at radius 1 is 1.07 bits per heavy atom. The summed E-state index contributed by atoms with van der Waals surface area (Å²) in [4.78, 5) is 13.3. The summed E-state index contributed by atoms with van der Waals surface area (Å²) in [5.74, 6) is 1.35. The summed E-state index contributed by atoms with van der Waals surface area (Å²) < 4.78 is 26.2. The van der Waals surface area contributed by atoms with Gasteiger partial charge in [0.15, 0.2) is 0 Å². The van der Waals surface area contributed by atoms with Crippen molar-refractivity contribution in [2.45, 2.75) is 22.5 Å². The van der Waals surface area contributed by atoms with Crippen LogP contribution >= 0.6 is 23.5 Å². The van der Waals surface area contributed by atoms with E-state index in [-0.39, 0.29) is 17.3 Å². The maximum Gasteiger partial charge on any atom is 0.243 e. The molecule has 0 atom stereocenters. The molecule has 1 amide bonds. The zero-order valence-corrected chi connectivity index (χ0v) is 18.8. The van der Waals surface area contributed by atoms with Crippen LogP contribution in [0, 0.1) is 6.92 Å². The number of nitrogens with one attached hydrogen (secondary N) is 1. The van der Waals surface area contributed by atoms with Gasteiger partial charge in [-0.05, 0) is 43.0 Å². The lowest BCUT2D eigenvalue weighted by Gasteiger charge is -2.17. The smallest absolute Gasteiger partial charge is 0.243 e. The van der Waals surface area contributed by atoms with Crippen molar-refractivity contribution >= 4 is 39.5 Å². The minimum Gasteiger partial charge on any atom is -0.354 e. The van der Waals surface area contributed by atoms with Crippen LogP contribution in [0.2, 0.25) is 0 Å². The number of amides is 1. The lowest BCUT2D eigenvalue weighted by molar-refractivity contribution is -0.121. The van der Waals surface area contributed by atoms with Crippen LogP contribution in [0.3, 0.4) is 0 Å². The topological polar surface area (TPSA) is 66.5 Å². The molecule has 0 aliphatic rings. The van der Waals surface area contributed by atoms with E-state index in [1.807, 2.05) is 6.26 Å². The Bertz CT molecular complexity index is 867. The van der Waals surface area contributed by atoms with E-state index in [0.29, 0.717) is 6.54 Å². The lowest BCUT2D eigenvalue weighted by Crippen LogP contribution is -2.39. The molecule has 2 rings (SSSR count). The van der Waals surface area contributed by atoms with E-state index in [1.54, 1.807) is 47.8 Å². The van der Waals surface area contributed by atoms with Gasteiger partial charge in [0.25, 0.3) is 0 Å². The number of rotatable bonds is 10. The highest BCUT2D eigenvalue weighted by atomic mass is 32.2. The molecule has 8 heteroatoms. The Balaban J connectivity index is 1.74. The number of benzene rings is 2.